The fourth-order valence-electron chi connectivity index (χ4n) is 3.92. The van der Waals surface area contributed by atoms with Gasteiger partial charge in [0.1, 0.15) is 11.9 Å². The van der Waals surface area contributed by atoms with Crippen molar-refractivity contribution in [3.8, 4) is 0 Å². The van der Waals surface area contributed by atoms with Crippen molar-refractivity contribution in [1.82, 2.24) is 15.3 Å². The minimum Gasteiger partial charge on any atom is -0.475 e. The van der Waals surface area contributed by atoms with Gasteiger partial charge in [-0.25, -0.2) is 9.78 Å². The fourth-order valence-corrected chi connectivity index (χ4v) is 3.92. The number of carbonyl (C=O) groups is 2. The standard InChI is InChI=1S/C25H37N5O2.C2HF3O2/c1-18(2)32-15-9-14-26-25-27-19(3)16-23(30-25)29-22(17-20-10-5-4-6-11-20)24(31)28-21-12-7-8-13-21;3-2(4,5)1(6)7/h4-6,10-11,16,18,21-22H,7-9,12-15,17H2,1-3H3,(H,28,31)(H2,26,27,29,30);(H,6,7)/t22-;/m0./s1. The molecule has 0 radical (unpaired) electrons. The van der Waals surface area contributed by atoms with Crippen LogP contribution in [0.25, 0.3) is 0 Å². The number of nitrogens with zero attached hydrogens (tertiary/aromatic N) is 2. The Bertz CT molecular complexity index is 1030. The first kappa shape index (κ1) is 31.8. The lowest BCUT2D eigenvalue weighted by Gasteiger charge is -2.22. The molecule has 1 atom stereocenters. The van der Waals surface area contributed by atoms with Gasteiger partial charge in [-0.05, 0) is 45.6 Å². The molecule has 0 unspecified atom stereocenters. The van der Waals surface area contributed by atoms with Crippen molar-refractivity contribution >= 4 is 23.6 Å². The fraction of sp³-hybridized carbons (Fsp3) is 0.556. The maximum Gasteiger partial charge on any atom is 0.490 e. The number of ether oxygens (including phenoxy) is 1. The average molecular weight is 554 g/mol. The Morgan fingerprint density at radius 2 is 1.77 bits per heavy atom. The Morgan fingerprint density at radius 3 is 2.36 bits per heavy atom. The third kappa shape index (κ3) is 12.8. The van der Waals surface area contributed by atoms with Crippen LogP contribution in [0.3, 0.4) is 0 Å². The average Bonchev–Trinajstić information content (AvgIpc) is 3.36. The summed E-state index contributed by atoms with van der Waals surface area (Å²) in [4.78, 5) is 31.1. The smallest absolute Gasteiger partial charge is 0.475 e. The second kappa shape index (κ2) is 15.9. The quantitative estimate of drug-likeness (QED) is 0.278. The van der Waals surface area contributed by atoms with E-state index in [-0.39, 0.29) is 18.1 Å². The molecule has 3 rings (SSSR count). The van der Waals surface area contributed by atoms with Crippen LogP contribution in [0.2, 0.25) is 0 Å². The number of carbonyl (C=O) groups excluding carboxylic acids is 1. The zero-order valence-corrected chi connectivity index (χ0v) is 22.6. The zero-order chi connectivity index (χ0) is 28.8. The largest absolute Gasteiger partial charge is 0.490 e. The zero-order valence-electron chi connectivity index (χ0n) is 22.6. The van der Waals surface area contributed by atoms with Crippen LogP contribution < -0.4 is 16.0 Å². The number of alkyl halides is 3. The van der Waals surface area contributed by atoms with Gasteiger partial charge in [-0.3, -0.25) is 4.79 Å². The summed E-state index contributed by atoms with van der Waals surface area (Å²) < 4.78 is 37.3. The first-order valence-electron chi connectivity index (χ1n) is 13.1. The molecule has 1 heterocycles. The van der Waals surface area contributed by atoms with Crippen LogP contribution >= 0.6 is 0 Å². The summed E-state index contributed by atoms with van der Waals surface area (Å²) in [7, 11) is 0. The number of amides is 1. The third-order valence-electron chi connectivity index (χ3n) is 5.77. The van der Waals surface area contributed by atoms with E-state index in [4.69, 9.17) is 14.6 Å². The highest BCUT2D eigenvalue weighted by Gasteiger charge is 2.38. The van der Waals surface area contributed by atoms with Crippen LogP contribution in [0.5, 0.6) is 0 Å². The molecule has 1 amide bonds. The van der Waals surface area contributed by atoms with Crippen LogP contribution in [0, 0.1) is 6.92 Å². The Kier molecular flexibility index (Phi) is 12.9. The predicted molar refractivity (Wildman–Crippen MR) is 143 cm³/mol. The molecule has 0 saturated heterocycles. The van der Waals surface area contributed by atoms with E-state index in [9.17, 15) is 18.0 Å². The van der Waals surface area contributed by atoms with Crippen LogP contribution in [0.15, 0.2) is 36.4 Å². The lowest BCUT2D eigenvalue weighted by molar-refractivity contribution is -0.192. The summed E-state index contributed by atoms with van der Waals surface area (Å²) in [5.74, 6) is -1.52. The highest BCUT2D eigenvalue weighted by molar-refractivity contribution is 5.85. The van der Waals surface area contributed by atoms with E-state index in [0.717, 1.165) is 37.1 Å². The maximum atomic E-state index is 13.1. The van der Waals surface area contributed by atoms with Gasteiger partial charge in [-0.2, -0.15) is 18.2 Å². The number of halogens is 3. The summed E-state index contributed by atoms with van der Waals surface area (Å²) in [6.45, 7) is 7.42. The molecular weight excluding hydrogens is 515 g/mol. The molecule has 1 aliphatic rings. The van der Waals surface area contributed by atoms with Gasteiger partial charge in [0.2, 0.25) is 11.9 Å². The molecule has 1 aliphatic carbocycles. The van der Waals surface area contributed by atoms with E-state index in [2.05, 4.69) is 38.1 Å². The van der Waals surface area contributed by atoms with E-state index >= 15 is 0 Å². The number of nitrogens with one attached hydrogen (secondary N) is 3. The van der Waals surface area contributed by atoms with Gasteiger partial charge in [-0.15, -0.1) is 0 Å². The normalized spacial score (nSPS) is 14.3. The summed E-state index contributed by atoms with van der Waals surface area (Å²) >= 11 is 0. The topological polar surface area (TPSA) is 125 Å². The van der Waals surface area contributed by atoms with Crippen molar-refractivity contribution in [3.63, 3.8) is 0 Å². The van der Waals surface area contributed by atoms with Gasteiger partial charge >= 0.3 is 12.1 Å². The number of aliphatic carboxylic acids is 1. The molecule has 4 N–H and O–H groups in total. The number of hydrogen-bond donors (Lipinski definition) is 4. The number of benzene rings is 1. The van der Waals surface area contributed by atoms with Gasteiger partial charge in [0, 0.05) is 37.4 Å². The summed E-state index contributed by atoms with van der Waals surface area (Å²) in [6, 6.07) is 11.8. The molecule has 1 aromatic carbocycles. The highest BCUT2D eigenvalue weighted by atomic mass is 19.4. The molecule has 0 spiro atoms. The molecule has 39 heavy (non-hydrogen) atoms. The number of carboxylic acids is 1. The van der Waals surface area contributed by atoms with Crippen molar-refractivity contribution in [2.45, 2.75) is 83.7 Å². The number of rotatable bonds is 12. The lowest BCUT2D eigenvalue weighted by atomic mass is 10.0. The molecule has 2 aromatic rings. The predicted octanol–water partition coefficient (Wildman–Crippen LogP) is 4.73. The monoisotopic (exact) mass is 553 g/mol. The molecular formula is C27H38F3N5O4. The molecule has 9 nitrogen and oxygen atoms in total. The van der Waals surface area contributed by atoms with E-state index in [1.54, 1.807) is 0 Å². The van der Waals surface area contributed by atoms with E-state index in [0.29, 0.717) is 24.8 Å². The van der Waals surface area contributed by atoms with Gasteiger partial charge in [-0.1, -0.05) is 43.2 Å². The van der Waals surface area contributed by atoms with Crippen molar-refractivity contribution in [3.05, 3.63) is 47.7 Å². The number of anilines is 2. The van der Waals surface area contributed by atoms with Gasteiger partial charge in [0.05, 0.1) is 6.10 Å². The molecule has 216 valence electrons. The van der Waals surface area contributed by atoms with Crippen molar-refractivity contribution in [1.29, 1.82) is 0 Å². The Labute approximate surface area is 227 Å². The lowest BCUT2D eigenvalue weighted by Crippen LogP contribution is -2.45. The van der Waals surface area contributed by atoms with Crippen molar-refractivity contribution < 1.29 is 32.6 Å². The van der Waals surface area contributed by atoms with E-state index in [1.165, 1.54) is 12.8 Å². The number of aryl methyl sites for hydroxylation is 1. The van der Waals surface area contributed by atoms with E-state index < -0.39 is 18.2 Å². The van der Waals surface area contributed by atoms with Gasteiger partial charge in [0.15, 0.2) is 0 Å². The molecule has 12 heteroatoms. The minimum atomic E-state index is -5.08. The highest BCUT2D eigenvalue weighted by Crippen LogP contribution is 2.19. The molecule has 0 aliphatic heterocycles. The molecule has 1 aromatic heterocycles. The SMILES string of the molecule is Cc1cc(N[C@@H](Cc2ccccc2)C(=O)NC2CCCC2)nc(NCCCOC(C)C)n1.O=C(O)C(F)(F)F. The van der Waals surface area contributed by atoms with Crippen LogP contribution in [0.4, 0.5) is 24.9 Å². The third-order valence-corrected chi connectivity index (χ3v) is 5.77. The van der Waals surface area contributed by atoms with Crippen molar-refractivity contribution in [2.24, 2.45) is 0 Å². The molecule has 0 bridgehead atoms. The maximum absolute atomic E-state index is 13.1. The number of carboxylic acid groups (broad SMARTS) is 1. The first-order chi connectivity index (χ1) is 18.4. The Morgan fingerprint density at radius 1 is 1.13 bits per heavy atom. The molecule has 1 saturated carbocycles. The number of hydrogen-bond acceptors (Lipinski definition) is 7. The van der Waals surface area contributed by atoms with Gasteiger partial charge in [0.25, 0.3) is 0 Å². The summed E-state index contributed by atoms with van der Waals surface area (Å²) in [6.07, 6.45) is 1.11. The summed E-state index contributed by atoms with van der Waals surface area (Å²) in [5, 5.41) is 17.0. The van der Waals surface area contributed by atoms with Crippen LogP contribution in [-0.4, -0.2) is 64.5 Å². The Balaban J connectivity index is 0.000000673. The number of aromatic nitrogens is 2. The van der Waals surface area contributed by atoms with E-state index in [1.807, 2.05) is 45.0 Å². The second-order valence-corrected chi connectivity index (χ2v) is 9.60. The first-order valence-corrected chi connectivity index (χ1v) is 13.1. The second-order valence-electron chi connectivity index (χ2n) is 9.60. The van der Waals surface area contributed by atoms with Crippen LogP contribution in [-0.2, 0) is 20.7 Å². The van der Waals surface area contributed by atoms with Crippen molar-refractivity contribution in [2.75, 3.05) is 23.8 Å². The Hall–Kier alpha value is -3.41. The summed E-state index contributed by atoms with van der Waals surface area (Å²) in [5.41, 5.74) is 1.96. The van der Waals surface area contributed by atoms with Gasteiger partial charge < -0.3 is 25.8 Å². The van der Waals surface area contributed by atoms with Crippen LogP contribution in [0.1, 0.15) is 57.2 Å². The molecule has 1 fully saturated rings. The minimum absolute atomic E-state index is 0.0253.